The Morgan fingerprint density at radius 2 is 2.00 bits per heavy atom. The molecule has 1 atom stereocenters. The number of quaternary nitrogens is 1. The van der Waals surface area contributed by atoms with Crippen LogP contribution in [0, 0.1) is 5.75 Å². The summed E-state index contributed by atoms with van der Waals surface area (Å²) in [5.74, 6) is 2.16. The Morgan fingerprint density at radius 3 is 2.33 bits per heavy atom. The molecule has 0 aliphatic heterocycles. The predicted molar refractivity (Wildman–Crippen MR) is 65.3 cm³/mol. The third kappa shape index (κ3) is 15.3. The number of aliphatic hydroxyl groups is 3. The van der Waals surface area contributed by atoms with Crippen LogP contribution in [0.25, 0.3) is 0 Å². The van der Waals surface area contributed by atoms with Crippen molar-refractivity contribution in [3.05, 3.63) is 0 Å². The van der Waals surface area contributed by atoms with Crippen LogP contribution in [-0.2, 0) is 14.1 Å². The number of hydrogen-bond donors (Lipinski definition) is 3. The predicted octanol–water partition coefficient (Wildman–Crippen LogP) is -0.834. The average Bonchev–Trinajstić information content (AvgIpc) is 2.26. The number of rotatable bonds is 5. The van der Waals surface area contributed by atoms with Crippen molar-refractivity contribution in [1.82, 2.24) is 0 Å². The van der Waals surface area contributed by atoms with Crippen LogP contribution in [0.1, 0.15) is 6.92 Å². The SMILES string of the molecule is CC(=O)OCC(O)CO.C[N+](C)(C#P=O)CCO. The van der Waals surface area contributed by atoms with Crippen LogP contribution in [-0.4, -0.2) is 72.3 Å². The zero-order valence-electron chi connectivity index (χ0n) is 10.9. The van der Waals surface area contributed by atoms with Crippen LogP contribution in [0.2, 0.25) is 0 Å². The van der Waals surface area contributed by atoms with E-state index < -0.39 is 12.1 Å². The fraction of sp³-hybridized carbons (Fsp3) is 0.800. The van der Waals surface area contributed by atoms with E-state index in [1.165, 1.54) is 6.92 Å². The van der Waals surface area contributed by atoms with Gasteiger partial charge >= 0.3 is 61.0 Å². The molecule has 0 saturated carbocycles. The first-order chi connectivity index (χ1) is 8.29. The molecule has 0 aliphatic carbocycles. The number of aliphatic hydroxyl groups excluding tert-OH is 3. The molecule has 0 radical (unpaired) electrons. The fourth-order valence-corrected chi connectivity index (χ4v) is 0.998. The van der Waals surface area contributed by atoms with Crippen LogP contribution in [0.4, 0.5) is 0 Å². The van der Waals surface area contributed by atoms with Crippen LogP contribution >= 0.6 is 7.92 Å². The first-order valence-electron chi connectivity index (χ1n) is 5.24. The summed E-state index contributed by atoms with van der Waals surface area (Å²) >= 11 is 0. The summed E-state index contributed by atoms with van der Waals surface area (Å²) < 4.78 is 14.7. The van der Waals surface area contributed by atoms with Crippen LogP contribution < -0.4 is 0 Å². The van der Waals surface area contributed by atoms with Gasteiger partial charge in [0.1, 0.15) is 12.7 Å². The zero-order valence-corrected chi connectivity index (χ0v) is 11.8. The molecule has 0 spiro atoms. The summed E-state index contributed by atoms with van der Waals surface area (Å²) in [6, 6.07) is 0. The van der Waals surface area contributed by atoms with Crippen LogP contribution in [0.15, 0.2) is 0 Å². The molecular weight excluding hydrogens is 261 g/mol. The number of nitrogens with zero attached hydrogens (tertiary/aromatic N) is 1. The van der Waals surface area contributed by atoms with Crippen LogP contribution in [0.3, 0.4) is 0 Å². The Balaban J connectivity index is 0. The van der Waals surface area contributed by atoms with Gasteiger partial charge in [-0.25, -0.2) is 0 Å². The second-order valence-electron chi connectivity index (χ2n) is 3.96. The Morgan fingerprint density at radius 1 is 1.44 bits per heavy atom. The Labute approximate surface area is 108 Å². The van der Waals surface area contributed by atoms with Gasteiger partial charge in [-0.2, -0.15) is 0 Å². The summed E-state index contributed by atoms with van der Waals surface area (Å²) in [7, 11) is 3.54. The van der Waals surface area contributed by atoms with Crippen molar-refractivity contribution in [1.29, 1.82) is 0 Å². The topological polar surface area (TPSA) is 104 Å². The molecule has 0 bridgehead atoms. The van der Waals surface area contributed by atoms with Crippen LogP contribution in [0.5, 0.6) is 0 Å². The first kappa shape index (κ1) is 19.7. The summed E-state index contributed by atoms with van der Waals surface area (Å²) in [6.07, 6.45) is -0.950. The molecule has 106 valence electrons. The number of ether oxygens (including phenoxy) is 1. The van der Waals surface area contributed by atoms with E-state index in [1.807, 2.05) is 14.1 Å². The fourth-order valence-electron chi connectivity index (χ4n) is 0.677. The summed E-state index contributed by atoms with van der Waals surface area (Å²) in [5.41, 5.74) is 0. The maximum atomic E-state index is 10.0. The molecule has 0 heterocycles. The van der Waals surface area contributed by atoms with Gasteiger partial charge in [0, 0.05) is 6.92 Å². The van der Waals surface area contributed by atoms with Gasteiger partial charge < -0.3 is 14.9 Å². The van der Waals surface area contributed by atoms with Crippen molar-refractivity contribution in [2.24, 2.45) is 0 Å². The van der Waals surface area contributed by atoms with E-state index in [-0.39, 0.29) is 27.7 Å². The second-order valence-corrected chi connectivity index (χ2v) is 4.35. The molecule has 0 aromatic heterocycles. The van der Waals surface area contributed by atoms with Gasteiger partial charge in [0.15, 0.2) is 0 Å². The van der Waals surface area contributed by atoms with Gasteiger partial charge in [-0.15, -0.1) is 0 Å². The zero-order chi connectivity index (χ0) is 14.6. The van der Waals surface area contributed by atoms with Gasteiger partial charge in [-0.1, -0.05) is 0 Å². The molecule has 0 aliphatic rings. The standard InChI is InChI=1S/C5H11NO2P.C5H10O4/c1-6(2,3-4-7)5-9-8;1-4(7)9-3-5(8)2-6/h7H,3-4H2,1-2H3;5-6,8H,2-3H2,1H3/q+1;. The van der Waals surface area contributed by atoms with Gasteiger partial charge in [0.05, 0.1) is 6.61 Å². The number of hydrogen-bond acceptors (Lipinski definition) is 6. The molecule has 0 amide bonds. The molecule has 7 nitrogen and oxygen atoms in total. The summed E-state index contributed by atoms with van der Waals surface area (Å²) in [6.45, 7) is 1.37. The van der Waals surface area contributed by atoms with Crippen molar-refractivity contribution in [2.75, 3.05) is 40.5 Å². The first-order valence-corrected chi connectivity index (χ1v) is 6.06. The van der Waals surface area contributed by atoms with Crippen molar-refractivity contribution in [3.8, 4) is 5.75 Å². The van der Waals surface area contributed by atoms with Gasteiger partial charge in [-0.3, -0.25) is 4.79 Å². The molecule has 0 rings (SSSR count). The third-order valence-corrected chi connectivity index (χ3v) is 2.28. The second kappa shape index (κ2) is 11.4. The van der Waals surface area contributed by atoms with Gasteiger partial charge in [0.25, 0.3) is 0 Å². The Bertz CT molecular complexity index is 326. The minimum absolute atomic E-state index is 0.0928. The number of carbonyl (C=O) groups excluding carboxylic acids is 1. The van der Waals surface area contributed by atoms with E-state index in [0.29, 0.717) is 11.0 Å². The number of esters is 1. The van der Waals surface area contributed by atoms with Gasteiger partial charge in [0.2, 0.25) is 0 Å². The molecule has 0 fully saturated rings. The molecule has 0 saturated heterocycles. The van der Waals surface area contributed by atoms with E-state index in [2.05, 4.69) is 10.5 Å². The molecular formula is C10H21NO6P+. The molecule has 3 N–H and O–H groups in total. The normalized spacial score (nSPS) is 11.7. The molecule has 0 aromatic carbocycles. The van der Waals surface area contributed by atoms with E-state index in [9.17, 15) is 9.36 Å². The molecule has 1 unspecified atom stereocenters. The van der Waals surface area contributed by atoms with E-state index in [1.54, 1.807) is 0 Å². The summed E-state index contributed by atoms with van der Waals surface area (Å²) in [5, 5.41) is 25.3. The van der Waals surface area contributed by atoms with E-state index in [0.717, 1.165) is 0 Å². The molecule has 0 aromatic rings. The number of likely N-dealkylation sites (N-methyl/N-ethyl adjacent to an activating group) is 1. The van der Waals surface area contributed by atoms with Crippen molar-refractivity contribution in [2.45, 2.75) is 13.0 Å². The van der Waals surface area contributed by atoms with E-state index >= 15 is 0 Å². The average molecular weight is 282 g/mol. The van der Waals surface area contributed by atoms with E-state index in [4.69, 9.17) is 15.3 Å². The monoisotopic (exact) mass is 282 g/mol. The quantitative estimate of drug-likeness (QED) is 0.345. The molecule has 8 heteroatoms. The van der Waals surface area contributed by atoms with Crippen molar-refractivity contribution >= 4 is 13.9 Å². The minimum atomic E-state index is -0.950. The number of carbonyl (C=O) groups is 1. The maximum absolute atomic E-state index is 10.0. The van der Waals surface area contributed by atoms with Crippen molar-refractivity contribution < 1.29 is 33.9 Å². The molecule has 18 heavy (non-hydrogen) atoms. The van der Waals surface area contributed by atoms with Gasteiger partial charge in [-0.05, 0) is 0 Å². The summed E-state index contributed by atoms with van der Waals surface area (Å²) in [4.78, 5) is 10.0. The Hall–Kier alpha value is -0.680. The Kier molecular flexibility index (Phi) is 12.5. The van der Waals surface area contributed by atoms with Crippen molar-refractivity contribution in [3.63, 3.8) is 0 Å². The third-order valence-electron chi connectivity index (χ3n) is 1.66.